The van der Waals surface area contributed by atoms with E-state index in [-0.39, 0.29) is 0 Å². The van der Waals surface area contributed by atoms with Crippen LogP contribution >= 0.6 is 27.3 Å². The Bertz CT molecular complexity index is 561. The molecule has 1 aliphatic rings. The molecule has 94 valence electrons. The summed E-state index contributed by atoms with van der Waals surface area (Å²) in [6.45, 7) is 3.05. The van der Waals surface area contributed by atoms with Crippen LogP contribution in [0.4, 0.5) is 0 Å². The predicted octanol–water partition coefficient (Wildman–Crippen LogP) is 4.13. The maximum atomic E-state index is 4.52. The van der Waals surface area contributed by atoms with E-state index in [4.69, 9.17) is 0 Å². The molecule has 3 rings (SSSR count). The molecular formula is C14H15BrN2S. The normalized spacial score (nSPS) is 15.0. The van der Waals surface area contributed by atoms with Gasteiger partial charge in [-0.05, 0) is 31.4 Å². The molecule has 18 heavy (non-hydrogen) atoms. The molecule has 1 heterocycles. The van der Waals surface area contributed by atoms with Gasteiger partial charge in [-0.25, -0.2) is 4.98 Å². The van der Waals surface area contributed by atoms with Gasteiger partial charge < -0.3 is 5.32 Å². The Hall–Kier alpha value is -0.710. The topological polar surface area (TPSA) is 24.9 Å². The number of hydrogen-bond donors (Lipinski definition) is 1. The molecule has 1 aromatic heterocycles. The molecule has 4 heteroatoms. The fourth-order valence-corrected chi connectivity index (χ4v) is 3.55. The second-order valence-electron chi connectivity index (χ2n) is 4.77. The molecule has 2 nitrogen and oxygen atoms in total. The number of benzene rings is 1. The van der Waals surface area contributed by atoms with E-state index >= 15 is 0 Å². The van der Waals surface area contributed by atoms with Gasteiger partial charge in [-0.2, -0.15) is 0 Å². The van der Waals surface area contributed by atoms with Gasteiger partial charge >= 0.3 is 0 Å². The van der Waals surface area contributed by atoms with Crippen molar-refractivity contribution in [1.82, 2.24) is 10.3 Å². The Morgan fingerprint density at radius 3 is 3.00 bits per heavy atom. The molecule has 0 aliphatic heterocycles. The van der Waals surface area contributed by atoms with Gasteiger partial charge in [0, 0.05) is 33.7 Å². The van der Waals surface area contributed by atoms with E-state index in [0.29, 0.717) is 0 Å². The Labute approximate surface area is 120 Å². The van der Waals surface area contributed by atoms with Crippen molar-refractivity contribution < 1.29 is 0 Å². The first kappa shape index (κ1) is 12.3. The van der Waals surface area contributed by atoms with E-state index in [2.05, 4.69) is 51.4 Å². The number of aryl methyl sites for hydroxylation is 1. The van der Waals surface area contributed by atoms with Crippen molar-refractivity contribution in [2.45, 2.75) is 32.4 Å². The van der Waals surface area contributed by atoms with Crippen molar-refractivity contribution in [1.29, 1.82) is 0 Å². The second-order valence-corrected chi connectivity index (χ2v) is 6.74. The van der Waals surface area contributed by atoms with Crippen LogP contribution in [0.5, 0.6) is 0 Å². The maximum Gasteiger partial charge on any atom is 0.124 e. The molecular weight excluding hydrogens is 308 g/mol. The summed E-state index contributed by atoms with van der Waals surface area (Å²) in [7, 11) is 0. The molecule has 0 amide bonds. The van der Waals surface area contributed by atoms with E-state index < -0.39 is 0 Å². The number of halogens is 1. The molecule has 2 aromatic rings. The Morgan fingerprint density at radius 1 is 1.44 bits per heavy atom. The van der Waals surface area contributed by atoms with E-state index in [1.807, 2.05) is 6.20 Å². The second kappa shape index (κ2) is 5.11. The molecule has 1 N–H and O–H groups in total. The molecule has 1 saturated carbocycles. The van der Waals surface area contributed by atoms with Gasteiger partial charge in [0.2, 0.25) is 0 Å². The third-order valence-electron chi connectivity index (χ3n) is 3.05. The zero-order chi connectivity index (χ0) is 12.5. The van der Waals surface area contributed by atoms with E-state index in [1.165, 1.54) is 28.8 Å². The molecule has 1 aliphatic carbocycles. The van der Waals surface area contributed by atoms with Crippen LogP contribution in [0.2, 0.25) is 0 Å². The maximum absolute atomic E-state index is 4.52. The fraction of sp³-hybridized carbons (Fsp3) is 0.357. The summed E-state index contributed by atoms with van der Waals surface area (Å²) in [6.07, 6.45) is 4.64. The summed E-state index contributed by atoms with van der Waals surface area (Å²) in [5.41, 5.74) is 2.45. The van der Waals surface area contributed by atoms with Gasteiger partial charge in [0.25, 0.3) is 0 Å². The SMILES string of the molecule is Cc1ccc(-c2ncc(CNC3CC3)s2)c(Br)c1. The molecule has 1 aromatic carbocycles. The number of nitrogens with zero attached hydrogens (tertiary/aromatic N) is 1. The van der Waals surface area contributed by atoms with Crippen molar-refractivity contribution in [3.05, 3.63) is 39.3 Å². The van der Waals surface area contributed by atoms with Gasteiger partial charge in [-0.15, -0.1) is 11.3 Å². The van der Waals surface area contributed by atoms with Gasteiger partial charge in [-0.1, -0.05) is 28.1 Å². The Kier molecular flexibility index (Phi) is 3.50. The van der Waals surface area contributed by atoms with Crippen LogP contribution < -0.4 is 5.32 Å². The smallest absolute Gasteiger partial charge is 0.124 e. The molecule has 0 saturated heterocycles. The predicted molar refractivity (Wildman–Crippen MR) is 79.8 cm³/mol. The van der Waals surface area contributed by atoms with Crippen LogP contribution in [-0.2, 0) is 6.54 Å². The van der Waals surface area contributed by atoms with Crippen LogP contribution in [0.15, 0.2) is 28.9 Å². The Morgan fingerprint density at radius 2 is 2.28 bits per heavy atom. The summed E-state index contributed by atoms with van der Waals surface area (Å²) in [5, 5.41) is 4.61. The van der Waals surface area contributed by atoms with Crippen LogP contribution in [0.3, 0.4) is 0 Å². The quantitative estimate of drug-likeness (QED) is 0.915. The standard InChI is InChI=1S/C14H15BrN2S/c1-9-2-5-12(13(15)6-9)14-17-8-11(18-14)7-16-10-3-4-10/h2,5-6,8,10,16H,3-4,7H2,1H3. The van der Waals surface area contributed by atoms with Gasteiger partial charge in [-0.3, -0.25) is 0 Å². The van der Waals surface area contributed by atoms with E-state index in [9.17, 15) is 0 Å². The molecule has 0 radical (unpaired) electrons. The van der Waals surface area contributed by atoms with Crippen LogP contribution in [-0.4, -0.2) is 11.0 Å². The summed E-state index contributed by atoms with van der Waals surface area (Å²) in [5.74, 6) is 0. The fourth-order valence-electron chi connectivity index (χ4n) is 1.84. The number of nitrogens with one attached hydrogen (secondary N) is 1. The average molecular weight is 323 g/mol. The van der Waals surface area contributed by atoms with E-state index in [0.717, 1.165) is 22.1 Å². The van der Waals surface area contributed by atoms with Crippen LogP contribution in [0.1, 0.15) is 23.3 Å². The lowest BCUT2D eigenvalue weighted by atomic mass is 10.2. The summed E-state index contributed by atoms with van der Waals surface area (Å²) in [6, 6.07) is 7.15. The first-order valence-electron chi connectivity index (χ1n) is 6.17. The third kappa shape index (κ3) is 2.82. The minimum atomic E-state index is 0.752. The highest BCUT2D eigenvalue weighted by Crippen LogP contribution is 2.32. The first-order chi connectivity index (χ1) is 8.72. The molecule has 0 unspecified atom stereocenters. The van der Waals surface area contributed by atoms with Crippen molar-refractivity contribution >= 4 is 27.3 Å². The minimum Gasteiger partial charge on any atom is -0.309 e. The first-order valence-corrected chi connectivity index (χ1v) is 7.78. The zero-order valence-corrected chi connectivity index (χ0v) is 12.6. The van der Waals surface area contributed by atoms with Gasteiger partial charge in [0.1, 0.15) is 5.01 Å². The number of aromatic nitrogens is 1. The summed E-state index contributed by atoms with van der Waals surface area (Å²) < 4.78 is 1.12. The lowest BCUT2D eigenvalue weighted by molar-refractivity contribution is 0.694. The van der Waals surface area contributed by atoms with Crippen LogP contribution in [0.25, 0.3) is 10.6 Å². The molecule has 0 bridgehead atoms. The van der Waals surface area contributed by atoms with Crippen molar-refractivity contribution in [2.24, 2.45) is 0 Å². The largest absolute Gasteiger partial charge is 0.309 e. The summed E-state index contributed by atoms with van der Waals surface area (Å²) in [4.78, 5) is 5.83. The highest BCUT2D eigenvalue weighted by atomic mass is 79.9. The lowest BCUT2D eigenvalue weighted by Gasteiger charge is -2.01. The summed E-state index contributed by atoms with van der Waals surface area (Å²) >= 11 is 5.39. The average Bonchev–Trinajstić information content (AvgIpc) is 3.05. The number of hydrogen-bond acceptors (Lipinski definition) is 3. The highest BCUT2D eigenvalue weighted by molar-refractivity contribution is 9.10. The van der Waals surface area contributed by atoms with Crippen molar-refractivity contribution in [3.63, 3.8) is 0 Å². The zero-order valence-electron chi connectivity index (χ0n) is 10.2. The third-order valence-corrected chi connectivity index (χ3v) is 4.74. The lowest BCUT2D eigenvalue weighted by Crippen LogP contribution is -2.14. The van der Waals surface area contributed by atoms with Crippen molar-refractivity contribution in [2.75, 3.05) is 0 Å². The van der Waals surface area contributed by atoms with Crippen molar-refractivity contribution in [3.8, 4) is 10.6 Å². The monoisotopic (exact) mass is 322 g/mol. The number of rotatable bonds is 4. The van der Waals surface area contributed by atoms with Gasteiger partial charge in [0.15, 0.2) is 0 Å². The molecule has 0 spiro atoms. The molecule has 0 atom stereocenters. The van der Waals surface area contributed by atoms with E-state index in [1.54, 1.807) is 11.3 Å². The van der Waals surface area contributed by atoms with Crippen LogP contribution in [0, 0.1) is 6.92 Å². The Balaban J connectivity index is 1.78. The number of thiazole rings is 1. The highest BCUT2D eigenvalue weighted by Gasteiger charge is 2.20. The van der Waals surface area contributed by atoms with Gasteiger partial charge in [0.05, 0.1) is 0 Å². The minimum absolute atomic E-state index is 0.752. The molecule has 1 fully saturated rings.